The van der Waals surface area contributed by atoms with Crippen LogP contribution < -0.4 is 0 Å². The van der Waals surface area contributed by atoms with Crippen LogP contribution in [0.4, 0.5) is 0 Å². The van der Waals surface area contributed by atoms with Gasteiger partial charge in [-0.15, -0.1) is 0 Å². The SMILES string of the molecule is CCOCCCO[SiH2]C(C)CSSSSCC(C)[SiH2]OCCCOCC. The van der Waals surface area contributed by atoms with E-state index in [0.29, 0.717) is 0 Å². The minimum absolute atomic E-state index is 0.394. The summed E-state index contributed by atoms with van der Waals surface area (Å²) < 4.78 is 22.3. The fourth-order valence-corrected chi connectivity index (χ4v) is 12.3. The lowest BCUT2D eigenvalue weighted by Crippen LogP contribution is -2.10. The van der Waals surface area contributed by atoms with Crippen LogP contribution in [-0.4, -0.2) is 70.7 Å². The Hall–Kier alpha value is 1.67. The van der Waals surface area contributed by atoms with E-state index in [4.69, 9.17) is 18.3 Å². The molecule has 0 saturated carbocycles. The number of hydrogen-bond acceptors (Lipinski definition) is 8. The molecule has 0 aliphatic rings. The molecule has 0 heterocycles. The van der Waals surface area contributed by atoms with Gasteiger partial charge < -0.3 is 18.3 Å². The van der Waals surface area contributed by atoms with Crippen molar-refractivity contribution in [1.29, 1.82) is 0 Å². The summed E-state index contributed by atoms with van der Waals surface area (Å²) in [7, 11) is 6.97. The van der Waals surface area contributed by atoms with E-state index in [1.165, 1.54) is 11.5 Å². The van der Waals surface area contributed by atoms with Crippen molar-refractivity contribution in [1.82, 2.24) is 0 Å². The second-order valence-electron chi connectivity index (χ2n) is 6.17. The molecule has 2 atom stereocenters. The Kier molecular flexibility index (Phi) is 24.4. The van der Waals surface area contributed by atoms with Gasteiger partial charge in [-0.2, -0.15) is 0 Å². The molecule has 0 saturated heterocycles. The van der Waals surface area contributed by atoms with Crippen LogP contribution in [0.25, 0.3) is 0 Å². The summed E-state index contributed by atoms with van der Waals surface area (Å²) in [5, 5.41) is 0. The molecule has 10 heteroatoms. The Labute approximate surface area is 181 Å². The first-order valence-electron chi connectivity index (χ1n) is 9.59. The van der Waals surface area contributed by atoms with E-state index in [1.807, 2.05) is 55.1 Å². The van der Waals surface area contributed by atoms with Gasteiger partial charge in [-0.25, -0.2) is 0 Å². The molecule has 0 aliphatic heterocycles. The van der Waals surface area contributed by atoms with Crippen LogP contribution in [0.1, 0.15) is 40.5 Å². The van der Waals surface area contributed by atoms with Gasteiger partial charge in [0.2, 0.25) is 0 Å². The van der Waals surface area contributed by atoms with Crippen LogP contribution >= 0.6 is 41.2 Å². The second-order valence-corrected chi connectivity index (χ2v) is 16.5. The highest BCUT2D eigenvalue weighted by Gasteiger charge is 2.07. The van der Waals surface area contributed by atoms with Gasteiger partial charge in [0, 0.05) is 51.1 Å². The van der Waals surface area contributed by atoms with Crippen LogP contribution in [0.5, 0.6) is 0 Å². The zero-order chi connectivity index (χ0) is 19.3. The maximum Gasteiger partial charge on any atom is 0.165 e. The van der Waals surface area contributed by atoms with Gasteiger partial charge in [0.25, 0.3) is 0 Å². The van der Waals surface area contributed by atoms with E-state index in [1.54, 1.807) is 0 Å². The molecule has 0 aromatic heterocycles. The van der Waals surface area contributed by atoms with E-state index < -0.39 is 19.5 Å². The highest BCUT2D eigenvalue weighted by atomic mass is 33.7. The molecule has 2 unspecified atom stereocenters. The Morgan fingerprint density at radius 2 is 1.12 bits per heavy atom. The average Bonchev–Trinajstić information content (AvgIpc) is 2.63. The highest BCUT2D eigenvalue weighted by Crippen LogP contribution is 2.44. The third kappa shape index (κ3) is 22.0. The summed E-state index contributed by atoms with van der Waals surface area (Å²) in [5.41, 5.74) is 1.48. The fraction of sp³-hybridized carbons (Fsp3) is 1.00. The first-order chi connectivity index (χ1) is 12.7. The Bertz CT molecular complexity index is 259. The lowest BCUT2D eigenvalue weighted by molar-refractivity contribution is 0.131. The van der Waals surface area contributed by atoms with E-state index in [2.05, 4.69) is 13.8 Å². The molecule has 0 rings (SSSR count). The van der Waals surface area contributed by atoms with Crippen molar-refractivity contribution in [3.05, 3.63) is 0 Å². The monoisotopic (exact) mass is 478 g/mol. The van der Waals surface area contributed by atoms with Crippen molar-refractivity contribution in [2.75, 3.05) is 51.1 Å². The van der Waals surface area contributed by atoms with Gasteiger partial charge in [0.15, 0.2) is 19.5 Å². The van der Waals surface area contributed by atoms with Gasteiger partial charge in [-0.3, -0.25) is 0 Å². The number of ether oxygens (including phenoxy) is 2. The Morgan fingerprint density at radius 1 is 0.692 bits per heavy atom. The molecule has 0 radical (unpaired) electrons. The smallest absolute Gasteiger partial charge is 0.165 e. The maximum atomic E-state index is 5.83. The molecule has 0 fully saturated rings. The molecule has 0 aromatic carbocycles. The summed E-state index contributed by atoms with van der Waals surface area (Å²) in [6.07, 6.45) is 2.05. The number of rotatable bonds is 21. The predicted octanol–water partition coefficient (Wildman–Crippen LogP) is 4.34. The van der Waals surface area contributed by atoms with Crippen LogP contribution in [0.3, 0.4) is 0 Å². The molecule has 0 bridgehead atoms. The minimum atomic E-state index is -0.394. The topological polar surface area (TPSA) is 36.9 Å². The minimum Gasteiger partial charge on any atom is -0.424 e. The van der Waals surface area contributed by atoms with Crippen LogP contribution in [-0.2, 0) is 18.3 Å². The van der Waals surface area contributed by atoms with Crippen molar-refractivity contribution >= 4 is 60.8 Å². The zero-order valence-electron chi connectivity index (χ0n) is 16.9. The molecule has 0 aliphatic carbocycles. The second kappa shape index (κ2) is 23.0. The zero-order valence-corrected chi connectivity index (χ0v) is 23.0. The van der Waals surface area contributed by atoms with Crippen molar-refractivity contribution in [2.24, 2.45) is 0 Å². The van der Waals surface area contributed by atoms with Crippen LogP contribution in [0.15, 0.2) is 0 Å². The standard InChI is InChI=1S/C16H38O4S4Si2/c1-5-17-9-7-11-19-25-15(3)13-21-23-24-22-14-16(4)26-20-12-8-10-18-6-2/h15-16H,5-14,25-26H2,1-4H3. The first-order valence-corrected chi connectivity index (χ1v) is 17.5. The van der Waals surface area contributed by atoms with Gasteiger partial charge >= 0.3 is 0 Å². The summed E-state index contributed by atoms with van der Waals surface area (Å²) in [5.74, 6) is 2.40. The maximum absolute atomic E-state index is 5.83. The lowest BCUT2D eigenvalue weighted by Gasteiger charge is -2.11. The third-order valence-corrected chi connectivity index (χ3v) is 13.7. The van der Waals surface area contributed by atoms with Crippen molar-refractivity contribution in [3.8, 4) is 0 Å². The molecule has 158 valence electrons. The van der Waals surface area contributed by atoms with Crippen LogP contribution in [0, 0.1) is 0 Å². The summed E-state index contributed by atoms with van der Waals surface area (Å²) in [6, 6.07) is 0. The van der Waals surface area contributed by atoms with E-state index >= 15 is 0 Å². The van der Waals surface area contributed by atoms with Gasteiger partial charge in [-0.1, -0.05) is 35.4 Å². The Morgan fingerprint density at radius 3 is 1.50 bits per heavy atom. The molecule has 0 aromatic rings. The third-order valence-electron chi connectivity index (χ3n) is 3.20. The predicted molar refractivity (Wildman–Crippen MR) is 130 cm³/mol. The molecule has 4 nitrogen and oxygen atoms in total. The fourth-order valence-electron chi connectivity index (χ4n) is 1.81. The highest BCUT2D eigenvalue weighted by molar-refractivity contribution is 9.26. The van der Waals surface area contributed by atoms with E-state index in [-0.39, 0.29) is 0 Å². The van der Waals surface area contributed by atoms with Gasteiger partial charge in [0.1, 0.15) is 0 Å². The summed E-state index contributed by atoms with van der Waals surface area (Å²) >= 11 is 0. The normalized spacial score (nSPS) is 14.8. The van der Waals surface area contributed by atoms with E-state index in [9.17, 15) is 0 Å². The Balaban J connectivity index is 3.25. The molecule has 0 spiro atoms. The average molecular weight is 479 g/mol. The molecular weight excluding hydrogens is 441 g/mol. The lowest BCUT2D eigenvalue weighted by atomic mass is 10.5. The summed E-state index contributed by atoms with van der Waals surface area (Å²) in [4.78, 5) is 0. The quantitative estimate of drug-likeness (QED) is 0.137. The molecule has 0 amide bonds. The van der Waals surface area contributed by atoms with Crippen LogP contribution in [0.2, 0.25) is 11.1 Å². The molecule has 0 N–H and O–H groups in total. The molecule has 26 heavy (non-hydrogen) atoms. The first kappa shape index (κ1) is 27.7. The van der Waals surface area contributed by atoms with Gasteiger partial charge in [0.05, 0.1) is 0 Å². The van der Waals surface area contributed by atoms with Crippen molar-refractivity contribution in [3.63, 3.8) is 0 Å². The number of hydrogen-bond donors (Lipinski definition) is 0. The van der Waals surface area contributed by atoms with Gasteiger partial charge in [-0.05, 0) is 57.4 Å². The van der Waals surface area contributed by atoms with Crippen molar-refractivity contribution < 1.29 is 18.3 Å². The van der Waals surface area contributed by atoms with E-state index in [0.717, 1.165) is 63.6 Å². The molecular formula is C16H38O4S4Si2. The van der Waals surface area contributed by atoms with Crippen molar-refractivity contribution in [2.45, 2.75) is 51.6 Å². The summed E-state index contributed by atoms with van der Waals surface area (Å²) in [6.45, 7) is 13.7. The largest absolute Gasteiger partial charge is 0.424 e.